The van der Waals surface area contributed by atoms with Gasteiger partial charge in [-0.05, 0) is 42.5 Å². The van der Waals surface area contributed by atoms with Crippen LogP contribution in [-0.4, -0.2) is 38.9 Å². The number of halogens is 5. The molecule has 5 rings (SSSR count). The van der Waals surface area contributed by atoms with Crippen LogP contribution < -0.4 is 24.6 Å². The molecule has 1 amide bonds. The molecule has 1 saturated heterocycles. The van der Waals surface area contributed by atoms with Gasteiger partial charge in [0.2, 0.25) is 12.6 Å². The minimum atomic E-state index is -2.17. The van der Waals surface area contributed by atoms with Crippen molar-refractivity contribution < 1.29 is 36.2 Å². The highest BCUT2D eigenvalue weighted by molar-refractivity contribution is 6.04. The summed E-state index contributed by atoms with van der Waals surface area (Å²) < 4.78 is 79.2. The number of carbonyl (C=O) groups excluding carboxylic acids is 1. The van der Waals surface area contributed by atoms with Gasteiger partial charge in [0.05, 0.1) is 0 Å². The van der Waals surface area contributed by atoms with Crippen LogP contribution in [0.3, 0.4) is 0 Å². The SMILES string of the molecule is O=C(Nc1ccc(N2CCN(c3c(F)c(F)c(F)c(F)c3F)CC2)cc1)c1ccc2c(c1)OCO2. The van der Waals surface area contributed by atoms with E-state index in [-0.39, 0.29) is 25.8 Å². The summed E-state index contributed by atoms with van der Waals surface area (Å²) >= 11 is 0. The monoisotopic (exact) mass is 491 g/mol. The van der Waals surface area contributed by atoms with E-state index in [0.29, 0.717) is 35.8 Å². The summed E-state index contributed by atoms with van der Waals surface area (Å²) in [5.74, 6) is -9.01. The third-order valence-electron chi connectivity index (χ3n) is 5.91. The van der Waals surface area contributed by atoms with E-state index in [1.807, 2.05) is 4.90 Å². The standard InChI is InChI=1S/C24H18F5N3O3/c25-18-19(26)21(28)23(22(29)20(18)27)32-9-7-31(8-10-32)15-4-2-14(3-5-15)30-24(33)13-1-6-16-17(11-13)35-12-34-16/h1-6,11H,7-10,12H2,(H,30,33). The zero-order chi connectivity index (χ0) is 24.7. The fourth-order valence-electron chi connectivity index (χ4n) is 4.06. The predicted octanol–water partition coefficient (Wildman–Crippen LogP) is 4.69. The van der Waals surface area contributed by atoms with E-state index < -0.39 is 34.8 Å². The third-order valence-corrected chi connectivity index (χ3v) is 5.91. The van der Waals surface area contributed by atoms with Crippen molar-refractivity contribution in [1.29, 1.82) is 0 Å². The maximum Gasteiger partial charge on any atom is 0.255 e. The molecule has 0 saturated carbocycles. The lowest BCUT2D eigenvalue weighted by Gasteiger charge is -2.37. The Hall–Kier alpha value is -4.02. The van der Waals surface area contributed by atoms with Crippen LogP contribution in [0, 0.1) is 29.1 Å². The van der Waals surface area contributed by atoms with Crippen LogP contribution in [0.15, 0.2) is 42.5 Å². The Morgan fingerprint density at radius 3 is 1.94 bits per heavy atom. The number of benzene rings is 3. The van der Waals surface area contributed by atoms with Gasteiger partial charge in [0.15, 0.2) is 34.8 Å². The van der Waals surface area contributed by atoms with Crippen LogP contribution >= 0.6 is 0 Å². The second-order valence-electron chi connectivity index (χ2n) is 7.96. The maximum absolute atomic E-state index is 14.1. The number of amides is 1. The number of fused-ring (bicyclic) bond motifs is 1. The molecule has 2 aliphatic rings. The molecule has 1 N–H and O–H groups in total. The van der Waals surface area contributed by atoms with E-state index in [0.717, 1.165) is 10.6 Å². The van der Waals surface area contributed by atoms with Crippen LogP contribution in [0.5, 0.6) is 11.5 Å². The molecule has 1 fully saturated rings. The summed E-state index contributed by atoms with van der Waals surface area (Å²) in [6, 6.07) is 11.8. The molecule has 3 aromatic carbocycles. The van der Waals surface area contributed by atoms with Crippen molar-refractivity contribution in [2.45, 2.75) is 0 Å². The molecule has 2 heterocycles. The van der Waals surface area contributed by atoms with Gasteiger partial charge in [-0.3, -0.25) is 4.79 Å². The number of piperazine rings is 1. The molecule has 182 valence electrons. The lowest BCUT2D eigenvalue weighted by molar-refractivity contribution is 0.102. The van der Waals surface area contributed by atoms with Crippen molar-refractivity contribution in [2.24, 2.45) is 0 Å². The van der Waals surface area contributed by atoms with Gasteiger partial charge in [0, 0.05) is 43.1 Å². The molecule has 0 aliphatic carbocycles. The molecule has 0 bridgehead atoms. The van der Waals surface area contributed by atoms with Crippen LogP contribution in [0.25, 0.3) is 0 Å². The lowest BCUT2D eigenvalue weighted by atomic mass is 10.1. The van der Waals surface area contributed by atoms with E-state index in [1.165, 1.54) is 0 Å². The second-order valence-corrected chi connectivity index (χ2v) is 7.96. The van der Waals surface area contributed by atoms with Crippen molar-refractivity contribution in [3.8, 4) is 11.5 Å². The number of ether oxygens (including phenoxy) is 2. The number of rotatable bonds is 4. The predicted molar refractivity (Wildman–Crippen MR) is 118 cm³/mol. The fraction of sp³-hybridized carbons (Fsp3) is 0.208. The van der Waals surface area contributed by atoms with Gasteiger partial charge in [0.1, 0.15) is 5.69 Å². The molecule has 0 unspecified atom stereocenters. The zero-order valence-corrected chi connectivity index (χ0v) is 18.1. The van der Waals surface area contributed by atoms with Crippen LogP contribution in [0.1, 0.15) is 10.4 Å². The van der Waals surface area contributed by atoms with Gasteiger partial charge in [0.25, 0.3) is 5.91 Å². The van der Waals surface area contributed by atoms with Crippen molar-refractivity contribution >= 4 is 23.0 Å². The van der Waals surface area contributed by atoms with Crippen molar-refractivity contribution in [3.05, 3.63) is 77.1 Å². The Kier molecular flexibility index (Phi) is 5.83. The van der Waals surface area contributed by atoms with Gasteiger partial charge < -0.3 is 24.6 Å². The molecule has 3 aromatic rings. The summed E-state index contributed by atoms with van der Waals surface area (Å²) in [6.45, 7) is 0.810. The Labute approximate surface area is 196 Å². The van der Waals surface area contributed by atoms with E-state index in [4.69, 9.17) is 9.47 Å². The van der Waals surface area contributed by atoms with Gasteiger partial charge in [-0.15, -0.1) is 0 Å². The molecule has 0 atom stereocenters. The van der Waals surface area contributed by atoms with Crippen molar-refractivity contribution in [2.75, 3.05) is 48.1 Å². The summed E-state index contributed by atoms with van der Waals surface area (Å²) in [5, 5.41) is 2.79. The Balaban J connectivity index is 1.23. The molecule has 2 aliphatic heterocycles. The van der Waals surface area contributed by atoms with E-state index in [9.17, 15) is 26.7 Å². The highest BCUT2D eigenvalue weighted by atomic mass is 19.2. The quantitative estimate of drug-likeness (QED) is 0.326. The van der Waals surface area contributed by atoms with Crippen molar-refractivity contribution in [1.82, 2.24) is 0 Å². The highest BCUT2D eigenvalue weighted by Crippen LogP contribution is 2.33. The molecular formula is C24H18F5N3O3. The Morgan fingerprint density at radius 2 is 1.29 bits per heavy atom. The van der Waals surface area contributed by atoms with Crippen molar-refractivity contribution in [3.63, 3.8) is 0 Å². The summed E-state index contributed by atoms with van der Waals surface area (Å²) in [6.07, 6.45) is 0. The van der Waals surface area contributed by atoms with E-state index in [1.54, 1.807) is 42.5 Å². The third kappa shape index (κ3) is 4.17. The number of nitrogens with zero attached hydrogens (tertiary/aromatic N) is 2. The molecule has 0 aromatic heterocycles. The number of hydrogen-bond acceptors (Lipinski definition) is 5. The first-order valence-corrected chi connectivity index (χ1v) is 10.7. The Bertz CT molecular complexity index is 1270. The smallest absolute Gasteiger partial charge is 0.255 e. The van der Waals surface area contributed by atoms with E-state index >= 15 is 0 Å². The summed E-state index contributed by atoms with van der Waals surface area (Å²) in [7, 11) is 0. The first kappa shape index (κ1) is 22.8. The molecule has 35 heavy (non-hydrogen) atoms. The largest absolute Gasteiger partial charge is 0.454 e. The molecular weight excluding hydrogens is 473 g/mol. The summed E-state index contributed by atoms with van der Waals surface area (Å²) in [5.41, 5.74) is 0.824. The topological polar surface area (TPSA) is 54.0 Å². The molecule has 0 radical (unpaired) electrons. The van der Waals surface area contributed by atoms with Gasteiger partial charge in [-0.2, -0.15) is 0 Å². The normalized spacial score (nSPS) is 14.9. The zero-order valence-electron chi connectivity index (χ0n) is 18.1. The first-order valence-electron chi connectivity index (χ1n) is 10.7. The Morgan fingerprint density at radius 1 is 0.714 bits per heavy atom. The van der Waals surface area contributed by atoms with Crippen LogP contribution in [0.2, 0.25) is 0 Å². The molecule has 6 nitrogen and oxygen atoms in total. The average molecular weight is 491 g/mol. The average Bonchev–Trinajstić information content (AvgIpc) is 3.35. The van der Waals surface area contributed by atoms with Crippen LogP contribution in [-0.2, 0) is 0 Å². The number of hydrogen-bond donors (Lipinski definition) is 1. The summed E-state index contributed by atoms with van der Waals surface area (Å²) in [4.78, 5) is 15.6. The molecule has 0 spiro atoms. The number of nitrogens with one attached hydrogen (secondary N) is 1. The first-order chi connectivity index (χ1) is 16.8. The maximum atomic E-state index is 14.1. The van der Waals surface area contributed by atoms with Gasteiger partial charge >= 0.3 is 0 Å². The fourth-order valence-corrected chi connectivity index (χ4v) is 4.06. The molecule has 11 heteroatoms. The van der Waals surface area contributed by atoms with Crippen LogP contribution in [0.4, 0.5) is 39.0 Å². The van der Waals surface area contributed by atoms with Gasteiger partial charge in [-0.1, -0.05) is 0 Å². The van der Waals surface area contributed by atoms with Gasteiger partial charge in [-0.25, -0.2) is 22.0 Å². The lowest BCUT2D eigenvalue weighted by Crippen LogP contribution is -2.47. The highest BCUT2D eigenvalue weighted by Gasteiger charge is 2.30. The van der Waals surface area contributed by atoms with E-state index in [2.05, 4.69) is 5.32 Å². The number of anilines is 3. The minimum absolute atomic E-state index is 0.0565. The second kappa shape index (κ2) is 8.97. The minimum Gasteiger partial charge on any atom is -0.454 e. The number of carbonyl (C=O) groups is 1.